The van der Waals surface area contributed by atoms with Crippen molar-refractivity contribution in [3.63, 3.8) is 0 Å². The van der Waals surface area contributed by atoms with Gasteiger partial charge in [0.25, 0.3) is 0 Å². The van der Waals surface area contributed by atoms with Gasteiger partial charge in [0.15, 0.2) is 5.11 Å². The van der Waals surface area contributed by atoms with Crippen LogP contribution < -0.4 is 10.6 Å². The van der Waals surface area contributed by atoms with E-state index in [0.717, 1.165) is 12.0 Å². The van der Waals surface area contributed by atoms with Gasteiger partial charge >= 0.3 is 0 Å². The van der Waals surface area contributed by atoms with E-state index >= 15 is 0 Å². The third-order valence-corrected chi connectivity index (χ3v) is 2.67. The van der Waals surface area contributed by atoms with Crippen LogP contribution in [0.1, 0.15) is 25.8 Å². The van der Waals surface area contributed by atoms with Gasteiger partial charge in [-0.05, 0) is 31.1 Å². The molecule has 2 N–H and O–H groups in total. The molecule has 0 heterocycles. The Labute approximate surface area is 108 Å². The third kappa shape index (κ3) is 5.45. The van der Waals surface area contributed by atoms with Gasteiger partial charge in [-0.25, -0.2) is 0 Å². The smallest absolute Gasteiger partial charge is 0.230 e. The molecular weight excluding hydrogens is 232 g/mol. The Kier molecular flexibility index (Phi) is 5.63. The molecule has 1 unspecified atom stereocenters. The predicted molar refractivity (Wildman–Crippen MR) is 73.8 cm³/mol. The van der Waals surface area contributed by atoms with E-state index in [4.69, 9.17) is 12.2 Å². The van der Waals surface area contributed by atoms with Gasteiger partial charge in [-0.3, -0.25) is 4.79 Å². The Hall–Kier alpha value is -1.42. The number of carbonyl (C=O) groups excluding carboxylic acids is 1. The molecule has 92 valence electrons. The van der Waals surface area contributed by atoms with Crippen LogP contribution >= 0.6 is 12.2 Å². The summed E-state index contributed by atoms with van der Waals surface area (Å²) in [6, 6.07) is 9.88. The number of thiocarbonyl (C=S) groups is 1. The second kappa shape index (κ2) is 7.01. The summed E-state index contributed by atoms with van der Waals surface area (Å²) in [7, 11) is 0. The van der Waals surface area contributed by atoms with Crippen LogP contribution in [0, 0.1) is 0 Å². The minimum atomic E-state index is -0.0861. The van der Waals surface area contributed by atoms with Gasteiger partial charge in [0.1, 0.15) is 0 Å². The van der Waals surface area contributed by atoms with Crippen molar-refractivity contribution in [1.29, 1.82) is 0 Å². The molecule has 1 aromatic carbocycles. The fourth-order valence-corrected chi connectivity index (χ4v) is 1.63. The lowest BCUT2D eigenvalue weighted by atomic mass is 10.1. The summed E-state index contributed by atoms with van der Waals surface area (Å²) < 4.78 is 0. The number of carbonyl (C=O) groups is 1. The van der Waals surface area contributed by atoms with Crippen LogP contribution in [0.4, 0.5) is 0 Å². The first-order chi connectivity index (χ1) is 8.11. The van der Waals surface area contributed by atoms with Crippen molar-refractivity contribution in [3.05, 3.63) is 35.9 Å². The van der Waals surface area contributed by atoms with E-state index in [9.17, 15) is 4.79 Å². The summed E-state index contributed by atoms with van der Waals surface area (Å²) in [4.78, 5) is 11.7. The summed E-state index contributed by atoms with van der Waals surface area (Å²) in [6.45, 7) is 4.09. The Balaban J connectivity index is 2.37. The van der Waals surface area contributed by atoms with Gasteiger partial charge in [0, 0.05) is 6.04 Å². The third-order valence-electron chi connectivity index (χ3n) is 2.45. The van der Waals surface area contributed by atoms with Gasteiger partial charge in [-0.1, -0.05) is 37.3 Å². The minimum absolute atomic E-state index is 0.0861. The zero-order chi connectivity index (χ0) is 12.7. The number of rotatable bonds is 4. The Morgan fingerprint density at radius 1 is 1.35 bits per heavy atom. The summed E-state index contributed by atoms with van der Waals surface area (Å²) >= 11 is 5.05. The van der Waals surface area contributed by atoms with Crippen molar-refractivity contribution in [2.24, 2.45) is 0 Å². The number of hydrogen-bond donors (Lipinski definition) is 2. The van der Waals surface area contributed by atoms with Crippen molar-refractivity contribution in [2.45, 2.75) is 32.7 Å². The topological polar surface area (TPSA) is 41.1 Å². The summed E-state index contributed by atoms with van der Waals surface area (Å²) in [6.07, 6.45) is 1.32. The largest absolute Gasteiger partial charge is 0.360 e. The van der Waals surface area contributed by atoms with Gasteiger partial charge in [0.05, 0.1) is 6.42 Å². The Morgan fingerprint density at radius 2 is 2.00 bits per heavy atom. The van der Waals surface area contributed by atoms with E-state index < -0.39 is 0 Å². The lowest BCUT2D eigenvalue weighted by Gasteiger charge is -2.14. The molecule has 0 bridgehead atoms. The van der Waals surface area contributed by atoms with Gasteiger partial charge in [-0.15, -0.1) is 0 Å². The fraction of sp³-hybridized carbons (Fsp3) is 0.385. The quantitative estimate of drug-likeness (QED) is 0.803. The highest BCUT2D eigenvalue weighted by atomic mass is 32.1. The van der Waals surface area contributed by atoms with Crippen LogP contribution in [-0.4, -0.2) is 17.1 Å². The van der Waals surface area contributed by atoms with E-state index in [1.54, 1.807) is 0 Å². The average Bonchev–Trinajstić information content (AvgIpc) is 2.29. The van der Waals surface area contributed by atoms with Crippen molar-refractivity contribution < 1.29 is 4.79 Å². The van der Waals surface area contributed by atoms with Crippen LogP contribution in [-0.2, 0) is 11.2 Å². The molecule has 4 heteroatoms. The van der Waals surface area contributed by atoms with Crippen LogP contribution in [0.3, 0.4) is 0 Å². The zero-order valence-corrected chi connectivity index (χ0v) is 11.0. The van der Waals surface area contributed by atoms with Crippen molar-refractivity contribution in [3.8, 4) is 0 Å². The van der Waals surface area contributed by atoms with Crippen LogP contribution in [0.25, 0.3) is 0 Å². The zero-order valence-electron chi connectivity index (χ0n) is 10.2. The number of amides is 1. The first-order valence-corrected chi connectivity index (χ1v) is 6.17. The Morgan fingerprint density at radius 3 is 2.59 bits per heavy atom. The molecule has 1 aromatic rings. The standard InChI is InChI=1S/C13H18N2OS/c1-3-10(2)14-13(17)15-12(16)9-11-7-5-4-6-8-11/h4-8,10H,3,9H2,1-2H3,(H2,14,15,16,17). The molecule has 1 atom stereocenters. The van der Waals surface area contributed by atoms with E-state index in [-0.39, 0.29) is 11.9 Å². The van der Waals surface area contributed by atoms with Crippen molar-refractivity contribution >= 4 is 23.2 Å². The number of hydrogen-bond acceptors (Lipinski definition) is 2. The molecule has 0 fully saturated rings. The molecule has 0 radical (unpaired) electrons. The fourth-order valence-electron chi connectivity index (χ4n) is 1.31. The molecule has 0 spiro atoms. The minimum Gasteiger partial charge on any atom is -0.360 e. The maximum atomic E-state index is 11.7. The molecule has 17 heavy (non-hydrogen) atoms. The van der Waals surface area contributed by atoms with Crippen LogP contribution in [0.5, 0.6) is 0 Å². The number of nitrogens with one attached hydrogen (secondary N) is 2. The monoisotopic (exact) mass is 250 g/mol. The van der Waals surface area contributed by atoms with E-state index in [0.29, 0.717) is 11.5 Å². The number of benzene rings is 1. The molecule has 3 nitrogen and oxygen atoms in total. The maximum absolute atomic E-state index is 11.7. The molecule has 0 aromatic heterocycles. The highest BCUT2D eigenvalue weighted by Crippen LogP contribution is 1.99. The first kappa shape index (κ1) is 13.6. The highest BCUT2D eigenvalue weighted by molar-refractivity contribution is 7.80. The van der Waals surface area contributed by atoms with Crippen molar-refractivity contribution in [2.75, 3.05) is 0 Å². The maximum Gasteiger partial charge on any atom is 0.230 e. The molecule has 0 saturated heterocycles. The first-order valence-electron chi connectivity index (χ1n) is 5.76. The Bertz CT molecular complexity index is 378. The summed E-state index contributed by atoms with van der Waals surface area (Å²) in [5, 5.41) is 6.12. The summed E-state index contributed by atoms with van der Waals surface area (Å²) in [5.74, 6) is -0.0861. The van der Waals surface area contributed by atoms with Crippen LogP contribution in [0.2, 0.25) is 0 Å². The van der Waals surface area contributed by atoms with Crippen LogP contribution in [0.15, 0.2) is 30.3 Å². The molecule has 0 aliphatic carbocycles. The second-order valence-electron chi connectivity index (χ2n) is 3.99. The van der Waals surface area contributed by atoms with Gasteiger partial charge < -0.3 is 10.6 Å². The molecule has 0 saturated carbocycles. The average molecular weight is 250 g/mol. The van der Waals surface area contributed by atoms with E-state index in [2.05, 4.69) is 17.6 Å². The normalized spacial score (nSPS) is 11.6. The molecular formula is C13H18N2OS. The lowest BCUT2D eigenvalue weighted by molar-refractivity contribution is -0.119. The summed E-state index contributed by atoms with van der Waals surface area (Å²) in [5.41, 5.74) is 0.983. The molecule has 0 aliphatic rings. The van der Waals surface area contributed by atoms with E-state index in [1.165, 1.54) is 0 Å². The lowest BCUT2D eigenvalue weighted by Crippen LogP contribution is -2.43. The SMILES string of the molecule is CCC(C)NC(=S)NC(=O)Cc1ccccc1. The molecule has 1 rings (SSSR count). The van der Waals surface area contributed by atoms with Gasteiger partial charge in [-0.2, -0.15) is 0 Å². The van der Waals surface area contributed by atoms with Gasteiger partial charge in [0.2, 0.25) is 5.91 Å². The molecule has 1 amide bonds. The predicted octanol–water partition coefficient (Wildman–Crippen LogP) is 2.02. The second-order valence-corrected chi connectivity index (χ2v) is 4.40. The molecule has 0 aliphatic heterocycles. The van der Waals surface area contributed by atoms with E-state index in [1.807, 2.05) is 37.3 Å². The highest BCUT2D eigenvalue weighted by Gasteiger charge is 2.07. The van der Waals surface area contributed by atoms with Crippen molar-refractivity contribution in [1.82, 2.24) is 10.6 Å².